The molecule has 0 fully saturated rings. The molecule has 90 valence electrons. The molecule has 18 heavy (non-hydrogen) atoms. The molecule has 1 aliphatic rings. The van der Waals surface area contributed by atoms with E-state index in [0.717, 1.165) is 11.3 Å². The molecule has 0 saturated heterocycles. The number of aromatic amines is 1. The van der Waals surface area contributed by atoms with Gasteiger partial charge in [-0.25, -0.2) is 0 Å². The second kappa shape index (κ2) is 3.85. The van der Waals surface area contributed by atoms with Gasteiger partial charge in [-0.15, -0.1) is 0 Å². The normalized spacial score (nSPS) is 16.2. The molecule has 6 heteroatoms. The number of aromatic nitrogens is 1. The van der Waals surface area contributed by atoms with Gasteiger partial charge in [0.05, 0.1) is 16.7 Å². The van der Waals surface area contributed by atoms with Crippen molar-refractivity contribution in [3.63, 3.8) is 0 Å². The van der Waals surface area contributed by atoms with Crippen LogP contribution in [0.4, 0.5) is 0 Å². The first-order valence-electron chi connectivity index (χ1n) is 5.09. The minimum atomic E-state index is -0.338. The molecule has 2 N–H and O–H groups in total. The van der Waals surface area contributed by atoms with Gasteiger partial charge in [-0.05, 0) is 24.3 Å². The maximum absolute atomic E-state index is 11.5. The van der Waals surface area contributed by atoms with Crippen LogP contribution >= 0.6 is 11.3 Å². The van der Waals surface area contributed by atoms with Crippen LogP contribution in [0.3, 0.4) is 0 Å². The molecule has 0 radical (unpaired) electrons. The van der Waals surface area contributed by atoms with E-state index in [-0.39, 0.29) is 16.5 Å². The maximum Gasteiger partial charge on any atom is 0.307 e. The third-order valence-corrected chi connectivity index (χ3v) is 3.37. The van der Waals surface area contributed by atoms with E-state index in [2.05, 4.69) is 4.98 Å². The summed E-state index contributed by atoms with van der Waals surface area (Å²) in [4.78, 5) is 25.0. The maximum atomic E-state index is 11.5. The van der Waals surface area contributed by atoms with Crippen LogP contribution < -0.4 is 4.87 Å². The fourth-order valence-corrected chi connectivity index (χ4v) is 2.42. The first kappa shape index (κ1) is 10.8. The highest BCUT2D eigenvalue weighted by atomic mass is 32.1. The summed E-state index contributed by atoms with van der Waals surface area (Å²) in [5.41, 5.74) is 1.12. The van der Waals surface area contributed by atoms with Gasteiger partial charge in [0.1, 0.15) is 5.76 Å². The number of thiazole rings is 1. The third kappa shape index (κ3) is 1.63. The molecule has 0 bridgehead atoms. The Hall–Kier alpha value is -2.34. The molecular weight excluding hydrogens is 254 g/mol. The Morgan fingerprint density at radius 2 is 2.17 bits per heavy atom. The standard InChI is InChI=1S/C12H7NO4S/c14-8-2-1-6(10-7(8)3-4-17-10)5-9-11(15)13-12(16)18-9/h1-5,15H,(H,13,16). The average molecular weight is 261 g/mol. The van der Waals surface area contributed by atoms with E-state index in [1.165, 1.54) is 12.3 Å². The predicted molar refractivity (Wildman–Crippen MR) is 66.7 cm³/mol. The number of H-pyrrole nitrogens is 1. The van der Waals surface area contributed by atoms with Crippen molar-refractivity contribution in [3.05, 3.63) is 50.3 Å². The van der Waals surface area contributed by atoms with Crippen molar-refractivity contribution in [2.75, 3.05) is 0 Å². The van der Waals surface area contributed by atoms with Gasteiger partial charge < -0.3 is 9.52 Å². The summed E-state index contributed by atoms with van der Waals surface area (Å²) in [5, 5.41) is 9.50. The Kier molecular flexibility index (Phi) is 2.31. The van der Waals surface area contributed by atoms with Gasteiger partial charge in [0.2, 0.25) is 5.88 Å². The second-order valence-corrected chi connectivity index (χ2v) is 4.70. The van der Waals surface area contributed by atoms with Gasteiger partial charge in [-0.1, -0.05) is 11.3 Å². The number of rotatable bonds is 1. The molecule has 2 aromatic heterocycles. The number of carbonyl (C=O) groups excluding carboxylic acids is 1. The lowest BCUT2D eigenvalue weighted by atomic mass is 9.99. The molecule has 2 heterocycles. The van der Waals surface area contributed by atoms with Gasteiger partial charge in [0.25, 0.3) is 0 Å². The lowest BCUT2D eigenvalue weighted by Gasteiger charge is -2.05. The van der Waals surface area contributed by atoms with Crippen molar-refractivity contribution in [3.8, 4) is 5.88 Å². The van der Waals surface area contributed by atoms with Crippen LogP contribution in [0.2, 0.25) is 0 Å². The molecule has 0 atom stereocenters. The minimum Gasteiger partial charge on any atom is -0.493 e. The zero-order chi connectivity index (χ0) is 12.7. The lowest BCUT2D eigenvalue weighted by Crippen LogP contribution is -2.01. The molecule has 5 nitrogen and oxygen atoms in total. The summed E-state index contributed by atoms with van der Waals surface area (Å²) in [6, 6.07) is 1.59. The summed E-state index contributed by atoms with van der Waals surface area (Å²) in [6.45, 7) is 0. The van der Waals surface area contributed by atoms with E-state index in [9.17, 15) is 14.7 Å². The highest BCUT2D eigenvalue weighted by molar-refractivity contribution is 7.10. The fraction of sp³-hybridized carbons (Fsp3) is 0. The number of ketones is 1. The molecule has 2 aromatic rings. The van der Waals surface area contributed by atoms with Crippen molar-refractivity contribution >= 4 is 28.8 Å². The van der Waals surface area contributed by atoms with Crippen LogP contribution in [-0.2, 0) is 0 Å². The van der Waals surface area contributed by atoms with Crippen LogP contribution in [0, 0.1) is 0 Å². The number of hydrogen-bond donors (Lipinski definition) is 2. The van der Waals surface area contributed by atoms with Crippen molar-refractivity contribution in [2.45, 2.75) is 0 Å². The zero-order valence-electron chi connectivity index (χ0n) is 8.97. The van der Waals surface area contributed by atoms with E-state index in [1.54, 1.807) is 18.2 Å². The summed E-state index contributed by atoms with van der Waals surface area (Å²) in [6.07, 6.45) is 6.06. The lowest BCUT2D eigenvalue weighted by molar-refractivity contribution is 0.104. The number of carbonyl (C=O) groups is 1. The Morgan fingerprint density at radius 3 is 2.89 bits per heavy atom. The summed E-state index contributed by atoms with van der Waals surface area (Å²) in [5.74, 6) is 0.140. The van der Waals surface area contributed by atoms with E-state index in [0.29, 0.717) is 21.8 Å². The summed E-state index contributed by atoms with van der Waals surface area (Å²) < 4.78 is 5.25. The Bertz CT molecular complexity index is 744. The van der Waals surface area contributed by atoms with E-state index in [1.807, 2.05) is 0 Å². The van der Waals surface area contributed by atoms with Crippen LogP contribution in [0.15, 0.2) is 33.7 Å². The molecule has 0 unspecified atom stereocenters. The smallest absolute Gasteiger partial charge is 0.307 e. The van der Waals surface area contributed by atoms with Crippen LogP contribution in [-0.4, -0.2) is 15.9 Å². The molecule has 0 aromatic carbocycles. The Morgan fingerprint density at radius 1 is 1.33 bits per heavy atom. The monoisotopic (exact) mass is 261 g/mol. The fourth-order valence-electron chi connectivity index (χ4n) is 1.74. The van der Waals surface area contributed by atoms with Crippen molar-refractivity contribution in [1.29, 1.82) is 0 Å². The minimum absolute atomic E-state index is 0.123. The molecule has 0 spiro atoms. The van der Waals surface area contributed by atoms with Crippen molar-refractivity contribution in [2.24, 2.45) is 0 Å². The van der Waals surface area contributed by atoms with Gasteiger partial charge in [-0.3, -0.25) is 14.6 Å². The van der Waals surface area contributed by atoms with Gasteiger partial charge in [0.15, 0.2) is 5.78 Å². The number of furan rings is 1. The number of nitrogens with one attached hydrogen (secondary N) is 1. The SMILES string of the molecule is O=C1C=CC(=Cc2sc(=O)[nH]c2O)c2occc21. The van der Waals surface area contributed by atoms with Crippen LogP contribution in [0.1, 0.15) is 21.0 Å². The third-order valence-electron chi connectivity index (χ3n) is 2.55. The Balaban J connectivity index is 2.14. The molecular formula is C12H7NO4S. The largest absolute Gasteiger partial charge is 0.493 e. The van der Waals surface area contributed by atoms with Crippen LogP contribution in [0.5, 0.6) is 5.88 Å². The van der Waals surface area contributed by atoms with Crippen molar-refractivity contribution < 1.29 is 14.3 Å². The quantitative estimate of drug-likeness (QED) is 0.822. The van der Waals surface area contributed by atoms with E-state index in [4.69, 9.17) is 4.42 Å². The molecule has 0 saturated carbocycles. The molecule has 1 aliphatic carbocycles. The number of allylic oxidation sites excluding steroid dienone is 3. The number of fused-ring (bicyclic) bond motifs is 1. The van der Waals surface area contributed by atoms with Gasteiger partial charge in [-0.2, -0.15) is 0 Å². The highest BCUT2D eigenvalue weighted by Crippen LogP contribution is 2.30. The first-order chi connectivity index (χ1) is 8.65. The average Bonchev–Trinajstić information content (AvgIpc) is 2.91. The second-order valence-electron chi connectivity index (χ2n) is 3.69. The predicted octanol–water partition coefficient (Wildman–Crippen LogP) is 2.03. The van der Waals surface area contributed by atoms with E-state index >= 15 is 0 Å². The molecule has 3 rings (SSSR count). The van der Waals surface area contributed by atoms with Crippen LogP contribution in [0.25, 0.3) is 11.6 Å². The highest BCUT2D eigenvalue weighted by Gasteiger charge is 2.20. The molecule has 0 aliphatic heterocycles. The Labute approximate surface area is 105 Å². The molecule has 0 amide bonds. The first-order valence-corrected chi connectivity index (χ1v) is 5.91. The van der Waals surface area contributed by atoms with Gasteiger partial charge >= 0.3 is 4.87 Å². The number of hydrogen-bond acceptors (Lipinski definition) is 5. The number of aromatic hydroxyl groups is 1. The zero-order valence-corrected chi connectivity index (χ0v) is 9.78. The topological polar surface area (TPSA) is 83.3 Å². The summed E-state index contributed by atoms with van der Waals surface area (Å²) in [7, 11) is 0. The van der Waals surface area contributed by atoms with E-state index < -0.39 is 0 Å². The van der Waals surface area contributed by atoms with Gasteiger partial charge in [0, 0.05) is 5.57 Å². The van der Waals surface area contributed by atoms with Crippen molar-refractivity contribution in [1.82, 2.24) is 4.98 Å². The summed E-state index contributed by atoms with van der Waals surface area (Å²) >= 11 is 0.888.